The summed E-state index contributed by atoms with van der Waals surface area (Å²) >= 11 is 2.51. The van der Waals surface area contributed by atoms with E-state index in [2.05, 4.69) is 5.32 Å². The van der Waals surface area contributed by atoms with Crippen molar-refractivity contribution in [2.45, 2.75) is 11.7 Å². The molecule has 2 N–H and O–H groups in total. The monoisotopic (exact) mass is 333 g/mol. The number of carbonyl (C=O) groups excluding carboxylic acids is 2. The number of carbonyl (C=O) groups is 3. The van der Waals surface area contributed by atoms with E-state index in [1.807, 2.05) is 18.2 Å². The summed E-state index contributed by atoms with van der Waals surface area (Å²) in [6, 6.07) is 10.5. The molecule has 1 saturated heterocycles. The second-order valence-electron chi connectivity index (χ2n) is 4.74. The molecule has 0 saturated carbocycles. The van der Waals surface area contributed by atoms with Gasteiger partial charge in [-0.25, -0.2) is 4.79 Å². The van der Waals surface area contributed by atoms with Gasteiger partial charge in [-0.15, -0.1) is 11.3 Å². The highest BCUT2D eigenvalue weighted by molar-refractivity contribution is 8.15. The minimum atomic E-state index is -0.962. The number of imide groups is 1. The topological polar surface area (TPSA) is 83.5 Å². The number of carboxylic acid groups (broad SMARTS) is 1. The lowest BCUT2D eigenvalue weighted by molar-refractivity contribution is -0.118. The Labute approximate surface area is 134 Å². The van der Waals surface area contributed by atoms with Crippen molar-refractivity contribution in [2.75, 3.05) is 0 Å². The van der Waals surface area contributed by atoms with Crippen LogP contribution in [0.5, 0.6) is 0 Å². The van der Waals surface area contributed by atoms with Gasteiger partial charge in [0.05, 0.1) is 10.8 Å². The fourth-order valence-electron chi connectivity index (χ4n) is 2.16. The number of benzene rings is 1. The summed E-state index contributed by atoms with van der Waals surface area (Å²) in [7, 11) is 0. The van der Waals surface area contributed by atoms with Crippen LogP contribution in [0.25, 0.3) is 10.4 Å². The molecular weight excluding hydrogens is 322 g/mol. The van der Waals surface area contributed by atoms with Gasteiger partial charge in [0.2, 0.25) is 5.91 Å². The van der Waals surface area contributed by atoms with Gasteiger partial charge in [-0.05, 0) is 29.8 Å². The van der Waals surface area contributed by atoms with Crippen LogP contribution in [0.2, 0.25) is 0 Å². The van der Waals surface area contributed by atoms with E-state index in [4.69, 9.17) is 5.11 Å². The Morgan fingerprint density at radius 2 is 2.05 bits per heavy atom. The van der Waals surface area contributed by atoms with E-state index in [0.717, 1.165) is 27.1 Å². The normalized spacial score (nSPS) is 17.5. The van der Waals surface area contributed by atoms with Gasteiger partial charge in [0.1, 0.15) is 0 Å². The van der Waals surface area contributed by atoms with E-state index in [9.17, 15) is 14.4 Å². The van der Waals surface area contributed by atoms with Gasteiger partial charge in [-0.2, -0.15) is 0 Å². The minimum absolute atomic E-state index is 0.240. The third kappa shape index (κ3) is 3.05. The molecular formula is C15H11NO4S2. The summed E-state index contributed by atoms with van der Waals surface area (Å²) in [4.78, 5) is 35.7. The van der Waals surface area contributed by atoms with Crippen molar-refractivity contribution >= 4 is 40.2 Å². The van der Waals surface area contributed by atoms with Gasteiger partial charge in [0, 0.05) is 16.2 Å². The van der Waals surface area contributed by atoms with Crippen LogP contribution >= 0.6 is 23.1 Å². The zero-order chi connectivity index (χ0) is 15.7. The van der Waals surface area contributed by atoms with Gasteiger partial charge in [0.15, 0.2) is 0 Å². The molecule has 1 aliphatic heterocycles. The van der Waals surface area contributed by atoms with E-state index in [1.165, 1.54) is 11.3 Å². The molecule has 0 radical (unpaired) electrons. The van der Waals surface area contributed by atoms with Crippen LogP contribution in [0.15, 0.2) is 36.4 Å². The highest BCUT2D eigenvalue weighted by Gasteiger charge is 2.31. The number of aromatic carboxylic acids is 1. The lowest BCUT2D eigenvalue weighted by Gasteiger charge is -2.02. The number of carboxylic acids is 1. The molecule has 1 atom stereocenters. The van der Waals surface area contributed by atoms with Crippen molar-refractivity contribution in [1.29, 1.82) is 0 Å². The number of hydrogen-bond acceptors (Lipinski definition) is 5. The van der Waals surface area contributed by atoms with E-state index >= 15 is 0 Å². The number of hydrogen-bond donors (Lipinski definition) is 2. The standard InChI is InChI=1S/C15H11NO4S2/c17-13-12(22-15(20)16-13)7-10-4-5-11(21-10)8-2-1-3-9(6-8)14(18)19/h1-6,12H,7H2,(H,18,19)(H,16,17,20). The molecule has 0 spiro atoms. The highest BCUT2D eigenvalue weighted by atomic mass is 32.2. The fourth-order valence-corrected chi connectivity index (χ4v) is 4.16. The first-order chi connectivity index (χ1) is 10.5. The second-order valence-corrected chi connectivity index (χ2v) is 7.08. The lowest BCUT2D eigenvalue weighted by Crippen LogP contribution is -2.25. The van der Waals surface area contributed by atoms with E-state index in [0.29, 0.717) is 6.42 Å². The molecule has 1 aliphatic rings. The number of amides is 2. The third-order valence-electron chi connectivity index (χ3n) is 3.21. The zero-order valence-electron chi connectivity index (χ0n) is 11.2. The van der Waals surface area contributed by atoms with E-state index in [1.54, 1.807) is 18.2 Å². The first-order valence-electron chi connectivity index (χ1n) is 6.47. The van der Waals surface area contributed by atoms with Crippen LogP contribution in [0.1, 0.15) is 15.2 Å². The van der Waals surface area contributed by atoms with Crippen LogP contribution in [-0.2, 0) is 11.2 Å². The lowest BCUT2D eigenvalue weighted by atomic mass is 10.1. The molecule has 112 valence electrons. The van der Waals surface area contributed by atoms with Gasteiger partial charge < -0.3 is 5.11 Å². The second kappa shape index (κ2) is 5.94. The minimum Gasteiger partial charge on any atom is -0.478 e. The molecule has 1 aromatic carbocycles. The van der Waals surface area contributed by atoms with Gasteiger partial charge in [0.25, 0.3) is 5.24 Å². The Morgan fingerprint density at radius 1 is 1.23 bits per heavy atom. The number of thiophene rings is 1. The number of nitrogens with one attached hydrogen (secondary N) is 1. The molecule has 2 amide bonds. The maximum atomic E-state index is 11.6. The summed E-state index contributed by atoms with van der Waals surface area (Å²) < 4.78 is 0. The average molecular weight is 333 g/mol. The summed E-state index contributed by atoms with van der Waals surface area (Å²) in [6.45, 7) is 0. The Bertz CT molecular complexity index is 768. The average Bonchev–Trinajstić information content (AvgIpc) is 3.06. The van der Waals surface area contributed by atoms with Crippen LogP contribution in [-0.4, -0.2) is 27.5 Å². The smallest absolute Gasteiger partial charge is 0.335 e. The number of thioether (sulfide) groups is 1. The summed E-state index contributed by atoms with van der Waals surface area (Å²) in [5, 5.41) is 10.6. The van der Waals surface area contributed by atoms with Crippen molar-refractivity contribution in [3.63, 3.8) is 0 Å². The largest absolute Gasteiger partial charge is 0.478 e. The Morgan fingerprint density at radius 3 is 2.73 bits per heavy atom. The van der Waals surface area contributed by atoms with E-state index in [-0.39, 0.29) is 22.0 Å². The van der Waals surface area contributed by atoms with Crippen molar-refractivity contribution in [3.05, 3.63) is 46.8 Å². The van der Waals surface area contributed by atoms with Crippen molar-refractivity contribution in [3.8, 4) is 10.4 Å². The third-order valence-corrected chi connectivity index (χ3v) is 5.35. The molecule has 1 unspecified atom stereocenters. The first kappa shape index (κ1) is 14.8. The van der Waals surface area contributed by atoms with Crippen molar-refractivity contribution in [1.82, 2.24) is 5.32 Å². The Hall–Kier alpha value is -2.12. The van der Waals surface area contributed by atoms with Crippen LogP contribution in [0.4, 0.5) is 4.79 Å². The molecule has 5 nitrogen and oxygen atoms in total. The van der Waals surface area contributed by atoms with Crippen LogP contribution in [0.3, 0.4) is 0 Å². The summed E-state index contributed by atoms with van der Waals surface area (Å²) in [5.74, 6) is -1.21. The highest BCUT2D eigenvalue weighted by Crippen LogP contribution is 2.32. The zero-order valence-corrected chi connectivity index (χ0v) is 12.9. The van der Waals surface area contributed by atoms with Crippen molar-refractivity contribution < 1.29 is 19.5 Å². The molecule has 1 aromatic heterocycles. The summed E-state index contributed by atoms with van der Waals surface area (Å²) in [6.07, 6.45) is 0.492. The van der Waals surface area contributed by atoms with Crippen molar-refractivity contribution in [2.24, 2.45) is 0 Å². The predicted molar refractivity (Wildman–Crippen MR) is 85.3 cm³/mol. The maximum Gasteiger partial charge on any atom is 0.335 e. The Balaban J connectivity index is 1.79. The van der Waals surface area contributed by atoms with Gasteiger partial charge >= 0.3 is 5.97 Å². The fraction of sp³-hybridized carbons (Fsp3) is 0.133. The SMILES string of the molecule is O=C1NC(=O)C(Cc2ccc(-c3cccc(C(=O)O)c3)s2)S1. The quantitative estimate of drug-likeness (QED) is 0.898. The number of rotatable bonds is 4. The van der Waals surface area contributed by atoms with E-state index < -0.39 is 5.97 Å². The Kier molecular flexibility index (Phi) is 4.00. The molecule has 22 heavy (non-hydrogen) atoms. The van der Waals surface area contributed by atoms with Gasteiger partial charge in [-0.1, -0.05) is 23.9 Å². The summed E-state index contributed by atoms with van der Waals surface area (Å²) in [5.41, 5.74) is 1.07. The first-order valence-corrected chi connectivity index (χ1v) is 8.16. The molecule has 3 rings (SSSR count). The molecule has 7 heteroatoms. The van der Waals surface area contributed by atoms with Gasteiger partial charge in [-0.3, -0.25) is 14.9 Å². The maximum absolute atomic E-state index is 11.6. The molecule has 0 aliphatic carbocycles. The molecule has 1 fully saturated rings. The molecule has 2 aromatic rings. The van der Waals surface area contributed by atoms with Crippen LogP contribution in [0, 0.1) is 0 Å². The predicted octanol–water partition coefficient (Wildman–Crippen LogP) is 3.01. The van der Waals surface area contributed by atoms with Crippen LogP contribution < -0.4 is 5.32 Å². The molecule has 2 heterocycles. The molecule has 0 bridgehead atoms.